The molecule has 2 heterocycles. The fraction of sp³-hybridized carbons (Fsp3) is 0.304. The molecule has 29 heavy (non-hydrogen) atoms. The molecule has 1 aliphatic rings. The Hall–Kier alpha value is -2.70. The van der Waals surface area contributed by atoms with E-state index < -0.39 is 0 Å². The molecule has 0 saturated carbocycles. The number of nitrogens with zero attached hydrogens (tertiary/aromatic N) is 4. The monoisotopic (exact) mass is 405 g/mol. The van der Waals surface area contributed by atoms with Crippen LogP contribution in [0, 0.1) is 6.92 Å². The third kappa shape index (κ3) is 5.22. The molecule has 0 aliphatic carbocycles. The summed E-state index contributed by atoms with van der Waals surface area (Å²) in [6.45, 7) is 7.81. The van der Waals surface area contributed by atoms with E-state index >= 15 is 0 Å². The molecule has 3 aromatic rings. The lowest BCUT2D eigenvalue weighted by Gasteiger charge is -2.36. The summed E-state index contributed by atoms with van der Waals surface area (Å²) >= 11 is 5.64. The second-order valence-corrected chi connectivity index (χ2v) is 7.92. The Labute approximate surface area is 177 Å². The van der Waals surface area contributed by atoms with E-state index in [0.29, 0.717) is 0 Å². The Balaban J connectivity index is 1.27. The first kappa shape index (κ1) is 19.6. The molecule has 5 nitrogen and oxygen atoms in total. The first-order chi connectivity index (χ1) is 14.2. The number of anilines is 1. The lowest BCUT2D eigenvalue weighted by atomic mass is 10.1. The van der Waals surface area contributed by atoms with Gasteiger partial charge in [0, 0.05) is 38.9 Å². The standard InChI is InChI=1S/C23H27N5S/c1-19-7-5-6-10-21(19)17-28-18-22(15-24-28)25-23(29)27-13-11-26(12-14-27)16-20-8-3-2-4-9-20/h2-10,15,18H,11-14,16-17H2,1H3,(H,25,29). The van der Waals surface area contributed by atoms with Crippen molar-refractivity contribution in [1.82, 2.24) is 19.6 Å². The van der Waals surface area contributed by atoms with Gasteiger partial charge in [-0.3, -0.25) is 9.58 Å². The van der Waals surface area contributed by atoms with E-state index in [2.05, 4.69) is 81.7 Å². The molecule has 1 aromatic heterocycles. The summed E-state index contributed by atoms with van der Waals surface area (Å²) in [6.07, 6.45) is 3.86. The molecule has 1 fully saturated rings. The lowest BCUT2D eigenvalue weighted by molar-refractivity contribution is 0.177. The van der Waals surface area contributed by atoms with Crippen molar-refractivity contribution in [2.24, 2.45) is 0 Å². The minimum Gasteiger partial charge on any atom is -0.346 e. The molecule has 1 aliphatic heterocycles. The second-order valence-electron chi connectivity index (χ2n) is 7.53. The first-order valence-electron chi connectivity index (χ1n) is 10.1. The topological polar surface area (TPSA) is 36.3 Å². The number of piperazine rings is 1. The van der Waals surface area contributed by atoms with E-state index in [0.717, 1.165) is 50.1 Å². The van der Waals surface area contributed by atoms with Gasteiger partial charge in [0.2, 0.25) is 0 Å². The molecule has 0 atom stereocenters. The van der Waals surface area contributed by atoms with E-state index in [-0.39, 0.29) is 0 Å². The van der Waals surface area contributed by atoms with Crippen molar-refractivity contribution in [3.63, 3.8) is 0 Å². The van der Waals surface area contributed by atoms with Gasteiger partial charge in [-0.05, 0) is 35.8 Å². The molecular formula is C23H27N5S. The van der Waals surface area contributed by atoms with E-state index in [4.69, 9.17) is 12.2 Å². The van der Waals surface area contributed by atoms with Crippen LogP contribution in [0.15, 0.2) is 67.0 Å². The largest absolute Gasteiger partial charge is 0.346 e. The zero-order valence-electron chi connectivity index (χ0n) is 16.8. The number of hydrogen-bond donors (Lipinski definition) is 1. The number of rotatable bonds is 5. The van der Waals surface area contributed by atoms with Crippen molar-refractivity contribution in [3.05, 3.63) is 83.7 Å². The zero-order chi connectivity index (χ0) is 20.1. The molecule has 150 valence electrons. The average molecular weight is 406 g/mol. The van der Waals surface area contributed by atoms with E-state index in [1.165, 1.54) is 16.7 Å². The van der Waals surface area contributed by atoms with Crippen molar-refractivity contribution < 1.29 is 0 Å². The second kappa shape index (κ2) is 9.20. The van der Waals surface area contributed by atoms with Gasteiger partial charge in [-0.2, -0.15) is 5.10 Å². The van der Waals surface area contributed by atoms with Crippen molar-refractivity contribution in [2.45, 2.75) is 20.0 Å². The Morgan fingerprint density at radius 3 is 2.45 bits per heavy atom. The van der Waals surface area contributed by atoms with E-state index in [9.17, 15) is 0 Å². The highest BCUT2D eigenvalue weighted by Gasteiger charge is 2.19. The van der Waals surface area contributed by atoms with Crippen LogP contribution in [0.25, 0.3) is 0 Å². The third-order valence-corrected chi connectivity index (χ3v) is 5.75. The van der Waals surface area contributed by atoms with Crippen LogP contribution in [0.2, 0.25) is 0 Å². The van der Waals surface area contributed by atoms with Gasteiger partial charge in [0.05, 0.1) is 18.4 Å². The molecule has 0 spiro atoms. The smallest absolute Gasteiger partial charge is 0.173 e. The summed E-state index contributed by atoms with van der Waals surface area (Å²) < 4.78 is 1.95. The zero-order valence-corrected chi connectivity index (χ0v) is 17.6. The van der Waals surface area contributed by atoms with Crippen molar-refractivity contribution in [3.8, 4) is 0 Å². The molecule has 0 unspecified atom stereocenters. The summed E-state index contributed by atoms with van der Waals surface area (Å²) in [6, 6.07) is 19.0. The van der Waals surface area contributed by atoms with Crippen LogP contribution >= 0.6 is 12.2 Å². The summed E-state index contributed by atoms with van der Waals surface area (Å²) in [5.74, 6) is 0. The van der Waals surface area contributed by atoms with Gasteiger partial charge in [-0.15, -0.1) is 0 Å². The maximum absolute atomic E-state index is 5.64. The highest BCUT2D eigenvalue weighted by molar-refractivity contribution is 7.80. The van der Waals surface area contributed by atoms with Crippen LogP contribution < -0.4 is 5.32 Å². The fourth-order valence-electron chi connectivity index (χ4n) is 3.63. The molecule has 0 amide bonds. The Morgan fingerprint density at radius 2 is 1.69 bits per heavy atom. The minimum atomic E-state index is 0.763. The number of hydrogen-bond acceptors (Lipinski definition) is 3. The van der Waals surface area contributed by atoms with Crippen LogP contribution in [-0.4, -0.2) is 50.9 Å². The van der Waals surface area contributed by atoms with Gasteiger partial charge in [-0.25, -0.2) is 0 Å². The molecular weight excluding hydrogens is 378 g/mol. The molecule has 6 heteroatoms. The van der Waals surface area contributed by atoms with Gasteiger partial charge in [-0.1, -0.05) is 54.6 Å². The van der Waals surface area contributed by atoms with Gasteiger partial charge >= 0.3 is 0 Å². The van der Waals surface area contributed by atoms with Gasteiger partial charge in [0.1, 0.15) is 0 Å². The van der Waals surface area contributed by atoms with Crippen molar-refractivity contribution in [1.29, 1.82) is 0 Å². The third-order valence-electron chi connectivity index (χ3n) is 5.39. The predicted octanol–water partition coefficient (Wildman–Crippen LogP) is 3.75. The summed E-state index contributed by atoms with van der Waals surface area (Å²) in [4.78, 5) is 4.73. The van der Waals surface area contributed by atoms with Gasteiger partial charge in [0.15, 0.2) is 5.11 Å². The summed E-state index contributed by atoms with van der Waals surface area (Å²) in [5, 5.41) is 8.61. The summed E-state index contributed by atoms with van der Waals surface area (Å²) in [5.41, 5.74) is 4.86. The average Bonchev–Trinajstić information content (AvgIpc) is 3.18. The van der Waals surface area contributed by atoms with Crippen molar-refractivity contribution in [2.75, 3.05) is 31.5 Å². The predicted molar refractivity (Wildman–Crippen MR) is 122 cm³/mol. The van der Waals surface area contributed by atoms with Gasteiger partial charge in [0.25, 0.3) is 0 Å². The van der Waals surface area contributed by atoms with Crippen LogP contribution in [0.4, 0.5) is 5.69 Å². The fourth-order valence-corrected chi connectivity index (χ4v) is 3.93. The Bertz CT molecular complexity index is 945. The first-order valence-corrected chi connectivity index (χ1v) is 10.5. The SMILES string of the molecule is Cc1ccccc1Cn1cc(NC(=S)N2CCN(Cc3ccccc3)CC2)cn1. The minimum absolute atomic E-state index is 0.763. The summed E-state index contributed by atoms with van der Waals surface area (Å²) in [7, 11) is 0. The maximum atomic E-state index is 5.64. The molecule has 0 bridgehead atoms. The lowest BCUT2D eigenvalue weighted by Crippen LogP contribution is -2.49. The number of nitrogens with one attached hydrogen (secondary N) is 1. The van der Waals surface area contributed by atoms with E-state index in [1.54, 1.807) is 0 Å². The van der Waals surface area contributed by atoms with Crippen LogP contribution in [0.1, 0.15) is 16.7 Å². The Kier molecular flexibility index (Phi) is 6.22. The number of aryl methyl sites for hydroxylation is 1. The molecule has 2 aromatic carbocycles. The quantitative estimate of drug-likeness (QED) is 0.654. The molecule has 1 saturated heterocycles. The van der Waals surface area contributed by atoms with E-state index in [1.807, 2.05) is 17.1 Å². The number of thiocarbonyl (C=S) groups is 1. The highest BCUT2D eigenvalue weighted by atomic mass is 32.1. The highest BCUT2D eigenvalue weighted by Crippen LogP contribution is 2.13. The molecule has 0 radical (unpaired) electrons. The van der Waals surface area contributed by atoms with Crippen molar-refractivity contribution >= 4 is 23.0 Å². The number of aromatic nitrogens is 2. The van der Waals surface area contributed by atoms with Crippen LogP contribution in [0.3, 0.4) is 0 Å². The molecule has 1 N–H and O–H groups in total. The Morgan fingerprint density at radius 1 is 0.966 bits per heavy atom. The normalized spacial score (nSPS) is 14.7. The van der Waals surface area contributed by atoms with Crippen LogP contribution in [-0.2, 0) is 13.1 Å². The van der Waals surface area contributed by atoms with Gasteiger partial charge < -0.3 is 10.2 Å². The van der Waals surface area contributed by atoms with Crippen LogP contribution in [0.5, 0.6) is 0 Å². The maximum Gasteiger partial charge on any atom is 0.173 e. The number of benzene rings is 2. The molecule has 4 rings (SSSR count).